The monoisotopic (exact) mass is 459 g/mol. The summed E-state index contributed by atoms with van der Waals surface area (Å²) in [6.45, 7) is 1.66. The third-order valence-corrected chi connectivity index (χ3v) is 6.30. The Kier molecular flexibility index (Phi) is 5.79. The number of nitrogens with zero attached hydrogens (tertiary/aromatic N) is 1. The summed E-state index contributed by atoms with van der Waals surface area (Å²) in [5, 5.41) is 6.54. The molecule has 10 heteroatoms. The topological polar surface area (TPSA) is 101 Å². The number of fused-ring (bicyclic) bond motifs is 1. The quantitative estimate of drug-likeness (QED) is 0.560. The Morgan fingerprint density at radius 1 is 1.06 bits per heavy atom. The molecule has 0 saturated heterocycles. The number of para-hydroxylation sites is 1. The molecule has 0 saturated carbocycles. The van der Waals surface area contributed by atoms with Crippen LogP contribution in [0.4, 0.5) is 14.5 Å². The third kappa shape index (κ3) is 4.26. The Labute approximate surface area is 183 Å². The maximum absolute atomic E-state index is 13.9. The molecule has 166 valence electrons. The van der Waals surface area contributed by atoms with Crippen LogP contribution < -0.4 is 10.1 Å². The molecular formula is C22H19F2N3O4S. The number of aryl methyl sites for hydroxylation is 1. The molecule has 4 rings (SSSR count). The van der Waals surface area contributed by atoms with Crippen LogP contribution in [-0.4, -0.2) is 20.0 Å². The lowest BCUT2D eigenvalue weighted by Crippen LogP contribution is -2.22. The van der Waals surface area contributed by atoms with E-state index in [1.165, 1.54) is 18.2 Å². The number of carbonyl (C=O) groups is 1. The van der Waals surface area contributed by atoms with E-state index in [1.54, 1.807) is 13.0 Å². The van der Waals surface area contributed by atoms with Gasteiger partial charge in [-0.05, 0) is 56.2 Å². The first-order valence-electron chi connectivity index (χ1n) is 9.78. The van der Waals surface area contributed by atoms with Crippen molar-refractivity contribution in [1.82, 2.24) is 4.83 Å². The minimum atomic E-state index is -4.00. The summed E-state index contributed by atoms with van der Waals surface area (Å²) in [6.07, 6.45) is 1.66. The van der Waals surface area contributed by atoms with Crippen molar-refractivity contribution >= 4 is 27.3 Å². The van der Waals surface area contributed by atoms with Gasteiger partial charge in [0.1, 0.15) is 17.4 Å². The number of rotatable bonds is 5. The fraction of sp³-hybridized carbons (Fsp3) is 0.182. The molecule has 1 amide bonds. The average Bonchev–Trinajstić information content (AvgIpc) is 3.11. The van der Waals surface area contributed by atoms with Crippen molar-refractivity contribution in [3.63, 3.8) is 0 Å². The molecule has 1 aliphatic carbocycles. The van der Waals surface area contributed by atoms with Gasteiger partial charge in [0.05, 0.1) is 16.3 Å². The number of nitrogens with one attached hydrogen (secondary N) is 2. The smallest absolute Gasteiger partial charge is 0.291 e. The van der Waals surface area contributed by atoms with Crippen molar-refractivity contribution in [3.05, 3.63) is 82.8 Å². The van der Waals surface area contributed by atoms with Crippen LogP contribution in [0.15, 0.2) is 62.9 Å². The normalized spacial score (nSPS) is 14.8. The van der Waals surface area contributed by atoms with Crippen molar-refractivity contribution in [3.8, 4) is 0 Å². The van der Waals surface area contributed by atoms with Gasteiger partial charge in [-0.1, -0.05) is 12.1 Å². The Bertz CT molecular complexity index is 1320. The molecule has 32 heavy (non-hydrogen) atoms. The first kappa shape index (κ1) is 21.7. The summed E-state index contributed by atoms with van der Waals surface area (Å²) in [5.41, 5.74) is 1.47. The summed E-state index contributed by atoms with van der Waals surface area (Å²) in [6, 6.07) is 10.1. The van der Waals surface area contributed by atoms with Gasteiger partial charge in [-0.2, -0.15) is 18.4 Å². The van der Waals surface area contributed by atoms with Crippen molar-refractivity contribution in [2.24, 2.45) is 5.10 Å². The third-order valence-electron chi connectivity index (χ3n) is 5.08. The number of benzene rings is 2. The van der Waals surface area contributed by atoms with Crippen LogP contribution in [0, 0.1) is 18.6 Å². The minimum Gasteiger partial charge on any atom is -0.455 e. The minimum absolute atomic E-state index is 0.00856. The number of anilines is 1. The second kappa shape index (κ2) is 8.54. The summed E-state index contributed by atoms with van der Waals surface area (Å²) >= 11 is 0. The van der Waals surface area contributed by atoms with E-state index >= 15 is 0 Å². The van der Waals surface area contributed by atoms with Gasteiger partial charge >= 0.3 is 0 Å². The second-order valence-corrected chi connectivity index (χ2v) is 8.91. The lowest BCUT2D eigenvalue weighted by molar-refractivity contribution is 0.0993. The molecule has 0 bridgehead atoms. The number of hydrogen-bond donors (Lipinski definition) is 2. The molecule has 0 unspecified atom stereocenters. The number of sulfonamides is 1. The van der Waals surface area contributed by atoms with Gasteiger partial charge < -0.3 is 9.73 Å². The lowest BCUT2D eigenvalue weighted by atomic mass is 9.93. The molecule has 3 aromatic rings. The Balaban J connectivity index is 1.61. The molecule has 7 nitrogen and oxygen atoms in total. The fourth-order valence-corrected chi connectivity index (χ4v) is 4.35. The largest absolute Gasteiger partial charge is 0.455 e. The summed E-state index contributed by atoms with van der Waals surface area (Å²) in [7, 11) is -4.00. The highest BCUT2D eigenvalue weighted by atomic mass is 32.2. The molecule has 1 heterocycles. The first-order valence-corrected chi connectivity index (χ1v) is 11.3. The van der Waals surface area contributed by atoms with E-state index < -0.39 is 27.6 Å². The summed E-state index contributed by atoms with van der Waals surface area (Å²) < 4.78 is 57.6. The Hall–Kier alpha value is -3.53. The van der Waals surface area contributed by atoms with Crippen LogP contribution in [0.3, 0.4) is 0 Å². The number of amides is 1. The van der Waals surface area contributed by atoms with Crippen LogP contribution in [-0.2, 0) is 16.4 Å². The maximum atomic E-state index is 13.9. The summed E-state index contributed by atoms with van der Waals surface area (Å²) in [4.78, 5) is 14.7. The fourth-order valence-electron chi connectivity index (χ4n) is 3.52. The lowest BCUT2D eigenvalue weighted by Gasteiger charge is -2.14. The molecule has 2 N–H and O–H groups in total. The van der Waals surface area contributed by atoms with E-state index in [2.05, 4.69) is 15.2 Å². The highest BCUT2D eigenvalue weighted by molar-refractivity contribution is 7.89. The molecule has 1 aromatic heterocycles. The highest BCUT2D eigenvalue weighted by Crippen LogP contribution is 2.30. The van der Waals surface area contributed by atoms with Crippen LogP contribution in [0.25, 0.3) is 0 Å². The molecule has 0 atom stereocenters. The molecule has 0 aliphatic heterocycles. The van der Waals surface area contributed by atoms with E-state index in [1.807, 2.05) is 0 Å². The number of hydrazone groups is 1. The molecular weight excluding hydrogens is 440 g/mol. The van der Waals surface area contributed by atoms with E-state index in [0.717, 1.165) is 24.3 Å². The van der Waals surface area contributed by atoms with Crippen molar-refractivity contribution in [1.29, 1.82) is 0 Å². The average molecular weight is 459 g/mol. The van der Waals surface area contributed by atoms with Gasteiger partial charge in [-0.15, -0.1) is 0 Å². The first-order chi connectivity index (χ1) is 15.3. The number of hydrogen-bond acceptors (Lipinski definition) is 5. The maximum Gasteiger partial charge on any atom is 0.291 e. The van der Waals surface area contributed by atoms with Crippen molar-refractivity contribution in [2.45, 2.75) is 31.1 Å². The number of furan rings is 1. The van der Waals surface area contributed by atoms with Crippen LogP contribution >= 0.6 is 0 Å². The molecule has 0 fully saturated rings. The van der Waals surface area contributed by atoms with E-state index in [4.69, 9.17) is 4.42 Å². The van der Waals surface area contributed by atoms with Gasteiger partial charge in [-0.25, -0.2) is 8.78 Å². The standard InChI is InChI=1S/C22H19F2N3O4S/c1-13-20-18(26-27-32(29,30)15-11-9-14(23)10-12-15)7-4-8-19(20)31-21(13)22(28)25-17-6-3-2-5-16(17)24/h2-3,5-6,9-12,27H,4,7-8H2,1H3,(H,25,28)/b26-18+. The Morgan fingerprint density at radius 3 is 2.50 bits per heavy atom. The highest BCUT2D eigenvalue weighted by Gasteiger charge is 2.28. The molecule has 2 aromatic carbocycles. The molecule has 0 radical (unpaired) electrons. The SMILES string of the molecule is Cc1c(C(=O)Nc2ccccc2F)oc2c1/C(=N/NS(=O)(=O)c1ccc(F)cc1)CCC2. The van der Waals surface area contributed by atoms with Gasteiger partial charge in [0.2, 0.25) is 0 Å². The zero-order valence-corrected chi connectivity index (χ0v) is 17.8. The second-order valence-electron chi connectivity index (χ2n) is 7.25. The van der Waals surface area contributed by atoms with Crippen molar-refractivity contribution in [2.75, 3.05) is 5.32 Å². The van der Waals surface area contributed by atoms with Gasteiger partial charge in [0.15, 0.2) is 5.76 Å². The predicted molar refractivity (Wildman–Crippen MR) is 114 cm³/mol. The van der Waals surface area contributed by atoms with Crippen molar-refractivity contribution < 1.29 is 26.4 Å². The van der Waals surface area contributed by atoms with E-state index in [-0.39, 0.29) is 16.3 Å². The van der Waals surface area contributed by atoms with E-state index in [9.17, 15) is 22.0 Å². The zero-order chi connectivity index (χ0) is 22.9. The van der Waals surface area contributed by atoms with Crippen LogP contribution in [0.5, 0.6) is 0 Å². The van der Waals surface area contributed by atoms with Crippen LogP contribution in [0.1, 0.15) is 40.3 Å². The molecule has 1 aliphatic rings. The Morgan fingerprint density at radius 2 is 1.78 bits per heavy atom. The number of halogens is 2. The summed E-state index contributed by atoms with van der Waals surface area (Å²) in [5.74, 6) is -1.23. The zero-order valence-electron chi connectivity index (χ0n) is 17.0. The molecule has 0 spiro atoms. The van der Waals surface area contributed by atoms with Gasteiger partial charge in [0.25, 0.3) is 15.9 Å². The van der Waals surface area contributed by atoms with E-state index in [0.29, 0.717) is 41.9 Å². The van der Waals surface area contributed by atoms with Crippen LogP contribution in [0.2, 0.25) is 0 Å². The number of carbonyl (C=O) groups excluding carboxylic acids is 1. The predicted octanol–water partition coefficient (Wildman–Crippen LogP) is 4.14. The van der Waals surface area contributed by atoms with Gasteiger partial charge in [-0.3, -0.25) is 4.79 Å². The van der Waals surface area contributed by atoms with Gasteiger partial charge in [0, 0.05) is 17.5 Å².